The van der Waals surface area contributed by atoms with E-state index < -0.39 is 5.60 Å². The number of aromatic nitrogens is 1. The zero-order valence-corrected chi connectivity index (χ0v) is 13.2. The van der Waals surface area contributed by atoms with E-state index in [0.29, 0.717) is 0 Å². The Morgan fingerprint density at radius 2 is 1.95 bits per heavy atom. The van der Waals surface area contributed by atoms with E-state index in [9.17, 15) is 5.11 Å². The molecule has 0 spiro atoms. The average Bonchev–Trinajstić information content (AvgIpc) is 2.94. The third-order valence-corrected chi connectivity index (χ3v) is 5.10. The topological polar surface area (TPSA) is 36.4 Å². The predicted molar refractivity (Wildman–Crippen MR) is 80.7 cm³/mol. The van der Waals surface area contributed by atoms with Gasteiger partial charge in [-0.05, 0) is 46.2 Å². The molecule has 108 valence electrons. The maximum atomic E-state index is 10.2. The summed E-state index contributed by atoms with van der Waals surface area (Å²) in [7, 11) is 0. The first-order valence-corrected chi connectivity index (χ1v) is 8.26. The van der Waals surface area contributed by atoms with E-state index in [0.717, 1.165) is 36.4 Å². The van der Waals surface area contributed by atoms with Crippen molar-refractivity contribution in [1.82, 2.24) is 9.88 Å². The molecule has 1 aromatic heterocycles. The van der Waals surface area contributed by atoms with Crippen molar-refractivity contribution in [2.45, 2.75) is 58.5 Å². The van der Waals surface area contributed by atoms with Gasteiger partial charge in [0.1, 0.15) is 0 Å². The molecule has 1 N–H and O–H groups in total. The van der Waals surface area contributed by atoms with Gasteiger partial charge < -0.3 is 10.0 Å². The van der Waals surface area contributed by atoms with Crippen LogP contribution in [0.3, 0.4) is 0 Å². The summed E-state index contributed by atoms with van der Waals surface area (Å²) < 4.78 is 0. The molecular formula is C15H26N2OS. The van der Waals surface area contributed by atoms with Gasteiger partial charge in [-0.25, -0.2) is 4.98 Å². The first-order valence-electron chi connectivity index (χ1n) is 7.44. The lowest BCUT2D eigenvalue weighted by Gasteiger charge is -2.16. The Morgan fingerprint density at radius 1 is 1.26 bits per heavy atom. The molecule has 2 rings (SSSR count). The van der Waals surface area contributed by atoms with E-state index in [1.165, 1.54) is 30.9 Å². The molecule has 1 saturated heterocycles. The van der Waals surface area contributed by atoms with Crippen LogP contribution >= 0.6 is 11.3 Å². The number of nitrogens with zero attached hydrogens (tertiary/aromatic N) is 2. The zero-order valence-electron chi connectivity index (χ0n) is 12.4. The third-order valence-electron chi connectivity index (χ3n) is 3.62. The molecule has 0 bridgehead atoms. The summed E-state index contributed by atoms with van der Waals surface area (Å²) in [4.78, 5) is 8.34. The van der Waals surface area contributed by atoms with E-state index in [4.69, 9.17) is 4.98 Å². The van der Waals surface area contributed by atoms with Crippen molar-refractivity contribution in [2.24, 2.45) is 0 Å². The van der Waals surface area contributed by atoms with Gasteiger partial charge in [0.2, 0.25) is 0 Å². The number of aryl methyl sites for hydroxylation is 1. The second kappa shape index (κ2) is 6.33. The largest absolute Gasteiger partial charge is 0.385 e. The molecule has 3 nitrogen and oxygen atoms in total. The minimum absolute atomic E-state index is 0.756. The number of rotatable bonds is 6. The van der Waals surface area contributed by atoms with Crippen molar-refractivity contribution >= 4 is 11.3 Å². The lowest BCUT2D eigenvalue weighted by atomic mass is 10.0. The highest BCUT2D eigenvalue weighted by molar-refractivity contribution is 7.11. The molecule has 1 aromatic rings. The van der Waals surface area contributed by atoms with Crippen molar-refractivity contribution in [3.8, 4) is 0 Å². The molecule has 19 heavy (non-hydrogen) atoms. The van der Waals surface area contributed by atoms with Gasteiger partial charge in [-0.15, -0.1) is 11.3 Å². The Bertz CT molecular complexity index is 403. The highest BCUT2D eigenvalue weighted by atomic mass is 32.1. The molecule has 0 amide bonds. The maximum Gasteiger partial charge on any atom is 0.0950 e. The zero-order chi connectivity index (χ0) is 13.9. The van der Waals surface area contributed by atoms with E-state index in [-0.39, 0.29) is 0 Å². The minimum atomic E-state index is -0.756. The van der Waals surface area contributed by atoms with Gasteiger partial charge in [0, 0.05) is 13.0 Å². The fourth-order valence-corrected chi connectivity index (χ4v) is 3.75. The van der Waals surface area contributed by atoms with Gasteiger partial charge in [0.05, 0.1) is 21.2 Å². The summed E-state index contributed by atoms with van der Waals surface area (Å²) in [6, 6.07) is 0. The smallest absolute Gasteiger partial charge is 0.0950 e. The molecule has 1 fully saturated rings. The van der Waals surface area contributed by atoms with E-state index >= 15 is 0 Å². The van der Waals surface area contributed by atoms with E-state index in [1.807, 2.05) is 13.8 Å². The summed E-state index contributed by atoms with van der Waals surface area (Å²) in [5.41, 5.74) is 0.352. The molecule has 0 atom stereocenters. The van der Waals surface area contributed by atoms with Crippen LogP contribution in [0.1, 0.15) is 55.6 Å². The predicted octanol–water partition coefficient (Wildman–Crippen LogP) is 2.96. The summed E-state index contributed by atoms with van der Waals surface area (Å²) in [5, 5.41) is 11.4. The second-order valence-electron chi connectivity index (χ2n) is 5.99. The van der Waals surface area contributed by atoms with Crippen LogP contribution in [0, 0.1) is 0 Å². The van der Waals surface area contributed by atoms with Crippen LogP contribution in [-0.4, -0.2) is 34.6 Å². The SMILES string of the molecule is CCCc1nc(CCN2CCCC2)sc1C(C)(C)O. The number of aliphatic hydroxyl groups is 1. The maximum absolute atomic E-state index is 10.2. The molecule has 0 unspecified atom stereocenters. The molecule has 2 heterocycles. The van der Waals surface area contributed by atoms with Gasteiger partial charge in [0.25, 0.3) is 0 Å². The molecule has 0 radical (unpaired) electrons. The van der Waals surface area contributed by atoms with Crippen molar-refractivity contribution in [2.75, 3.05) is 19.6 Å². The standard InChI is InChI=1S/C15H26N2OS/c1-4-7-12-14(15(2,3)18)19-13(16-12)8-11-17-9-5-6-10-17/h18H,4-11H2,1-3H3. The van der Waals surface area contributed by atoms with Crippen LogP contribution in [0.5, 0.6) is 0 Å². The molecule has 4 heteroatoms. The van der Waals surface area contributed by atoms with Crippen LogP contribution in [0.4, 0.5) is 0 Å². The van der Waals surface area contributed by atoms with Gasteiger partial charge in [0.15, 0.2) is 0 Å². The summed E-state index contributed by atoms with van der Waals surface area (Å²) in [5.74, 6) is 0. The molecule has 1 aliphatic rings. The van der Waals surface area contributed by atoms with E-state index in [2.05, 4.69) is 11.8 Å². The lowest BCUT2D eigenvalue weighted by molar-refractivity contribution is 0.0813. The number of hydrogen-bond donors (Lipinski definition) is 1. The summed E-state index contributed by atoms with van der Waals surface area (Å²) in [6.07, 6.45) is 5.76. The first kappa shape index (κ1) is 14.9. The fourth-order valence-electron chi connectivity index (χ4n) is 2.65. The Balaban J connectivity index is 2.04. The average molecular weight is 282 g/mol. The fraction of sp³-hybridized carbons (Fsp3) is 0.800. The van der Waals surface area contributed by atoms with Gasteiger partial charge in [-0.2, -0.15) is 0 Å². The van der Waals surface area contributed by atoms with E-state index in [1.54, 1.807) is 11.3 Å². The summed E-state index contributed by atoms with van der Waals surface area (Å²) in [6.45, 7) is 9.49. The first-order chi connectivity index (χ1) is 9.00. The van der Waals surface area contributed by atoms with Crippen molar-refractivity contribution in [3.63, 3.8) is 0 Å². The van der Waals surface area contributed by atoms with Crippen LogP contribution in [0.25, 0.3) is 0 Å². The number of thiazole rings is 1. The number of hydrogen-bond acceptors (Lipinski definition) is 4. The third kappa shape index (κ3) is 4.01. The van der Waals surface area contributed by atoms with Crippen LogP contribution in [0.15, 0.2) is 0 Å². The number of likely N-dealkylation sites (tertiary alicyclic amines) is 1. The highest BCUT2D eigenvalue weighted by Gasteiger charge is 2.24. The molecular weight excluding hydrogens is 256 g/mol. The highest BCUT2D eigenvalue weighted by Crippen LogP contribution is 2.31. The van der Waals surface area contributed by atoms with Crippen molar-refractivity contribution in [3.05, 3.63) is 15.6 Å². The molecule has 0 aromatic carbocycles. The normalized spacial score (nSPS) is 17.3. The van der Waals surface area contributed by atoms with Crippen LogP contribution < -0.4 is 0 Å². The van der Waals surface area contributed by atoms with Crippen molar-refractivity contribution < 1.29 is 5.11 Å². The van der Waals surface area contributed by atoms with Gasteiger partial charge in [-0.3, -0.25) is 0 Å². The Hall–Kier alpha value is -0.450. The lowest BCUT2D eigenvalue weighted by Crippen LogP contribution is -2.21. The van der Waals surface area contributed by atoms with Gasteiger partial charge >= 0.3 is 0 Å². The summed E-state index contributed by atoms with van der Waals surface area (Å²) >= 11 is 1.70. The van der Waals surface area contributed by atoms with Gasteiger partial charge in [-0.1, -0.05) is 13.3 Å². The quantitative estimate of drug-likeness (QED) is 0.871. The van der Waals surface area contributed by atoms with Crippen molar-refractivity contribution in [1.29, 1.82) is 0 Å². The second-order valence-corrected chi connectivity index (χ2v) is 7.07. The molecule has 1 aliphatic heterocycles. The molecule has 0 aliphatic carbocycles. The Morgan fingerprint density at radius 3 is 2.53 bits per heavy atom. The monoisotopic (exact) mass is 282 g/mol. The Labute approximate surface area is 120 Å². The molecule has 0 saturated carbocycles. The minimum Gasteiger partial charge on any atom is -0.385 e. The Kier molecular flexibility index (Phi) is 4.98. The van der Waals surface area contributed by atoms with Crippen LogP contribution in [-0.2, 0) is 18.4 Å². The van der Waals surface area contributed by atoms with Crippen LogP contribution in [0.2, 0.25) is 0 Å².